The molecular weight excluding hydrogens is 354 g/mol. The molecule has 1 aromatic heterocycles. The first-order valence-corrected chi connectivity index (χ1v) is 9.83. The van der Waals surface area contributed by atoms with Gasteiger partial charge < -0.3 is 9.64 Å². The van der Waals surface area contributed by atoms with Crippen LogP contribution in [0, 0.1) is 13.8 Å². The summed E-state index contributed by atoms with van der Waals surface area (Å²) in [4.78, 5) is 26.0. The SMILES string of the molecule is CCC(CC)N(C)C(=O)c1ccc(-n2nc(C)c(CCC(=O)OC)c2C)cc1. The minimum Gasteiger partial charge on any atom is -0.469 e. The number of rotatable bonds is 8. The van der Waals surface area contributed by atoms with Crippen LogP contribution in [0.1, 0.15) is 60.4 Å². The maximum atomic E-state index is 12.7. The predicted molar refractivity (Wildman–Crippen MR) is 110 cm³/mol. The molecule has 1 heterocycles. The van der Waals surface area contributed by atoms with Crippen molar-refractivity contribution in [2.24, 2.45) is 0 Å². The van der Waals surface area contributed by atoms with Crippen LogP contribution in [0.3, 0.4) is 0 Å². The molecule has 0 bridgehead atoms. The van der Waals surface area contributed by atoms with Crippen LogP contribution in [-0.2, 0) is 16.0 Å². The molecule has 0 saturated heterocycles. The van der Waals surface area contributed by atoms with Gasteiger partial charge in [0.2, 0.25) is 0 Å². The van der Waals surface area contributed by atoms with E-state index in [4.69, 9.17) is 4.74 Å². The van der Waals surface area contributed by atoms with Gasteiger partial charge in [0.25, 0.3) is 5.91 Å². The Hall–Kier alpha value is -2.63. The van der Waals surface area contributed by atoms with Crippen molar-refractivity contribution in [3.63, 3.8) is 0 Å². The Kier molecular flexibility index (Phi) is 7.38. The van der Waals surface area contributed by atoms with E-state index in [0.717, 1.165) is 35.5 Å². The van der Waals surface area contributed by atoms with Crippen molar-refractivity contribution < 1.29 is 14.3 Å². The van der Waals surface area contributed by atoms with E-state index in [1.165, 1.54) is 7.11 Å². The molecule has 6 nitrogen and oxygen atoms in total. The van der Waals surface area contributed by atoms with Gasteiger partial charge in [0, 0.05) is 30.8 Å². The van der Waals surface area contributed by atoms with Gasteiger partial charge in [0.1, 0.15) is 0 Å². The van der Waals surface area contributed by atoms with E-state index in [0.29, 0.717) is 18.4 Å². The summed E-state index contributed by atoms with van der Waals surface area (Å²) >= 11 is 0. The molecule has 2 aromatic rings. The Morgan fingerprint density at radius 3 is 2.29 bits per heavy atom. The molecule has 0 N–H and O–H groups in total. The van der Waals surface area contributed by atoms with Gasteiger partial charge in [0.05, 0.1) is 18.5 Å². The van der Waals surface area contributed by atoms with Crippen LogP contribution in [0.2, 0.25) is 0 Å². The van der Waals surface area contributed by atoms with Crippen LogP contribution in [-0.4, -0.2) is 46.8 Å². The molecule has 0 saturated carbocycles. The molecule has 1 aromatic carbocycles. The normalized spacial score (nSPS) is 11.0. The van der Waals surface area contributed by atoms with Crippen LogP contribution in [0.5, 0.6) is 0 Å². The first-order chi connectivity index (χ1) is 13.3. The summed E-state index contributed by atoms with van der Waals surface area (Å²) in [6.07, 6.45) is 2.81. The Labute approximate surface area is 167 Å². The average Bonchev–Trinajstić information content (AvgIpc) is 3.00. The first-order valence-electron chi connectivity index (χ1n) is 9.83. The standard InChI is InChI=1S/C22H31N3O3/c1-7-18(8-2)24(5)22(27)17-9-11-19(12-10-17)25-16(4)20(15(3)23-25)13-14-21(26)28-6/h9-12,18H,7-8,13-14H2,1-6H3. The summed E-state index contributed by atoms with van der Waals surface area (Å²) < 4.78 is 6.59. The average molecular weight is 386 g/mol. The summed E-state index contributed by atoms with van der Waals surface area (Å²) in [7, 11) is 3.26. The Bertz CT molecular complexity index is 820. The van der Waals surface area contributed by atoms with Crippen molar-refractivity contribution >= 4 is 11.9 Å². The molecule has 0 aliphatic rings. The number of methoxy groups -OCH3 is 1. The number of nitrogens with zero attached hydrogens (tertiary/aromatic N) is 3. The van der Waals surface area contributed by atoms with E-state index < -0.39 is 0 Å². The fraction of sp³-hybridized carbons (Fsp3) is 0.500. The molecule has 0 atom stereocenters. The smallest absolute Gasteiger partial charge is 0.305 e. The fourth-order valence-electron chi connectivity index (χ4n) is 3.57. The van der Waals surface area contributed by atoms with Crippen LogP contribution in [0.15, 0.2) is 24.3 Å². The lowest BCUT2D eigenvalue weighted by Gasteiger charge is -2.26. The van der Waals surface area contributed by atoms with Gasteiger partial charge >= 0.3 is 5.97 Å². The summed E-state index contributed by atoms with van der Waals surface area (Å²) in [6.45, 7) is 8.13. The Balaban J connectivity index is 2.22. The fourth-order valence-corrected chi connectivity index (χ4v) is 3.57. The van der Waals surface area contributed by atoms with E-state index in [2.05, 4.69) is 18.9 Å². The highest BCUT2D eigenvalue weighted by Gasteiger charge is 2.19. The molecule has 152 valence electrons. The monoisotopic (exact) mass is 385 g/mol. The number of ether oxygens (including phenoxy) is 1. The zero-order valence-corrected chi connectivity index (χ0v) is 17.8. The number of carbonyl (C=O) groups excluding carboxylic acids is 2. The molecule has 2 rings (SSSR count). The van der Waals surface area contributed by atoms with Crippen LogP contribution in [0.25, 0.3) is 5.69 Å². The Morgan fingerprint density at radius 1 is 1.14 bits per heavy atom. The second-order valence-electron chi connectivity index (χ2n) is 7.07. The molecular formula is C22H31N3O3. The van der Waals surface area contributed by atoms with Gasteiger partial charge in [-0.15, -0.1) is 0 Å². The number of hydrogen-bond acceptors (Lipinski definition) is 4. The molecule has 0 aliphatic carbocycles. The minimum absolute atomic E-state index is 0.0346. The zero-order valence-electron chi connectivity index (χ0n) is 17.8. The summed E-state index contributed by atoms with van der Waals surface area (Å²) in [5.41, 5.74) is 4.51. The lowest BCUT2D eigenvalue weighted by atomic mass is 10.1. The Morgan fingerprint density at radius 2 is 1.75 bits per heavy atom. The highest BCUT2D eigenvalue weighted by molar-refractivity contribution is 5.94. The molecule has 0 unspecified atom stereocenters. The molecule has 0 fully saturated rings. The second-order valence-corrected chi connectivity index (χ2v) is 7.07. The third kappa shape index (κ3) is 4.61. The summed E-state index contributed by atoms with van der Waals surface area (Å²) in [5, 5.41) is 4.62. The quantitative estimate of drug-likeness (QED) is 0.648. The van der Waals surface area contributed by atoms with Gasteiger partial charge in [-0.05, 0) is 62.9 Å². The van der Waals surface area contributed by atoms with Crippen LogP contribution >= 0.6 is 0 Å². The molecule has 28 heavy (non-hydrogen) atoms. The predicted octanol–water partition coefficient (Wildman–Crippen LogP) is 3.86. The number of benzene rings is 1. The number of hydrogen-bond donors (Lipinski definition) is 0. The van der Waals surface area contributed by atoms with E-state index >= 15 is 0 Å². The number of aromatic nitrogens is 2. The van der Waals surface area contributed by atoms with E-state index in [1.807, 2.05) is 54.7 Å². The van der Waals surface area contributed by atoms with Crippen molar-refractivity contribution in [2.45, 2.75) is 59.4 Å². The highest BCUT2D eigenvalue weighted by atomic mass is 16.5. The lowest BCUT2D eigenvalue weighted by molar-refractivity contribution is -0.140. The maximum Gasteiger partial charge on any atom is 0.305 e. The molecule has 1 amide bonds. The minimum atomic E-state index is -0.226. The maximum absolute atomic E-state index is 12.7. The topological polar surface area (TPSA) is 64.4 Å². The van der Waals surface area contributed by atoms with Crippen molar-refractivity contribution in [1.82, 2.24) is 14.7 Å². The summed E-state index contributed by atoms with van der Waals surface area (Å²) in [6, 6.07) is 7.78. The van der Waals surface area contributed by atoms with Crippen molar-refractivity contribution in [3.05, 3.63) is 46.8 Å². The van der Waals surface area contributed by atoms with Crippen molar-refractivity contribution in [2.75, 3.05) is 14.2 Å². The molecule has 0 radical (unpaired) electrons. The van der Waals surface area contributed by atoms with E-state index in [1.54, 1.807) is 0 Å². The van der Waals surface area contributed by atoms with Crippen molar-refractivity contribution in [3.8, 4) is 5.69 Å². The van der Waals surface area contributed by atoms with Gasteiger partial charge in [-0.3, -0.25) is 9.59 Å². The number of aryl methyl sites for hydroxylation is 1. The number of amides is 1. The summed E-state index contributed by atoms with van der Waals surface area (Å²) in [5.74, 6) is -0.191. The number of esters is 1. The second kappa shape index (κ2) is 9.53. The lowest BCUT2D eigenvalue weighted by Crippen LogP contribution is -2.36. The van der Waals surface area contributed by atoms with Gasteiger partial charge in [-0.25, -0.2) is 4.68 Å². The van der Waals surface area contributed by atoms with E-state index in [9.17, 15) is 9.59 Å². The number of carbonyl (C=O) groups is 2. The molecule has 6 heteroatoms. The third-order valence-electron chi connectivity index (χ3n) is 5.42. The van der Waals surface area contributed by atoms with Gasteiger partial charge in [-0.1, -0.05) is 13.8 Å². The first kappa shape index (κ1) is 21.7. The third-order valence-corrected chi connectivity index (χ3v) is 5.42. The van der Waals surface area contributed by atoms with Crippen LogP contribution < -0.4 is 0 Å². The van der Waals surface area contributed by atoms with E-state index in [-0.39, 0.29) is 17.9 Å². The zero-order chi connectivity index (χ0) is 20.8. The molecule has 0 spiro atoms. The van der Waals surface area contributed by atoms with Gasteiger partial charge in [-0.2, -0.15) is 5.10 Å². The highest BCUT2D eigenvalue weighted by Crippen LogP contribution is 2.21. The molecule has 0 aliphatic heterocycles. The van der Waals surface area contributed by atoms with Crippen LogP contribution in [0.4, 0.5) is 0 Å². The largest absolute Gasteiger partial charge is 0.469 e. The van der Waals surface area contributed by atoms with Crippen molar-refractivity contribution in [1.29, 1.82) is 0 Å². The van der Waals surface area contributed by atoms with Gasteiger partial charge in [0.15, 0.2) is 0 Å².